The fourth-order valence-electron chi connectivity index (χ4n) is 6.54. The summed E-state index contributed by atoms with van der Waals surface area (Å²) in [7, 11) is 0. The number of aliphatic hydroxyl groups excluding tert-OH is 1. The van der Waals surface area contributed by atoms with Crippen molar-refractivity contribution < 1.29 is 29.3 Å². The van der Waals surface area contributed by atoms with E-state index in [4.69, 9.17) is 4.74 Å². The molecule has 32 heavy (non-hydrogen) atoms. The van der Waals surface area contributed by atoms with Crippen LogP contribution >= 0.6 is 15.9 Å². The van der Waals surface area contributed by atoms with Gasteiger partial charge in [0.1, 0.15) is 11.6 Å². The largest absolute Gasteiger partial charge is 0.481 e. The molecule has 4 aliphatic rings. The van der Waals surface area contributed by atoms with Gasteiger partial charge in [0.25, 0.3) is 0 Å². The first kappa shape index (κ1) is 23.7. The Morgan fingerprint density at radius 2 is 2.06 bits per heavy atom. The van der Waals surface area contributed by atoms with Crippen LogP contribution in [0.1, 0.15) is 51.9 Å². The molecule has 0 aromatic heterocycles. The lowest BCUT2D eigenvalue weighted by molar-refractivity contribution is -0.154. The summed E-state index contributed by atoms with van der Waals surface area (Å²) in [6.45, 7) is 5.76. The van der Waals surface area contributed by atoms with Crippen molar-refractivity contribution in [2.75, 3.05) is 13.2 Å². The molecule has 4 rings (SSSR count). The van der Waals surface area contributed by atoms with Crippen molar-refractivity contribution in [1.29, 1.82) is 0 Å². The van der Waals surface area contributed by atoms with Gasteiger partial charge in [0, 0.05) is 17.4 Å². The van der Waals surface area contributed by atoms with Crippen LogP contribution in [0.4, 0.5) is 0 Å². The smallest absolute Gasteiger partial charge is 0.310 e. The molecule has 3 saturated heterocycles. The van der Waals surface area contributed by atoms with E-state index in [2.05, 4.69) is 22.5 Å². The molecule has 1 aliphatic carbocycles. The number of hydrogen-bond acceptors (Lipinski definition) is 5. The number of alkyl halides is 1. The van der Waals surface area contributed by atoms with E-state index in [1.807, 2.05) is 11.8 Å². The first-order chi connectivity index (χ1) is 15.3. The van der Waals surface area contributed by atoms with Gasteiger partial charge >= 0.3 is 5.97 Å². The van der Waals surface area contributed by atoms with E-state index in [0.717, 1.165) is 32.1 Å². The summed E-state index contributed by atoms with van der Waals surface area (Å²) in [5, 5.41) is 20.0. The van der Waals surface area contributed by atoms with Crippen LogP contribution in [0.5, 0.6) is 0 Å². The third kappa shape index (κ3) is 3.42. The van der Waals surface area contributed by atoms with Crippen molar-refractivity contribution in [3.63, 3.8) is 0 Å². The number of hydrogen-bond donors (Lipinski definition) is 2. The Balaban J connectivity index is 1.79. The number of aliphatic carboxylic acids is 1. The molecule has 1 saturated carbocycles. The predicted octanol–water partition coefficient (Wildman–Crippen LogP) is 1.94. The molecule has 2 N–H and O–H groups in total. The maximum Gasteiger partial charge on any atom is 0.310 e. The van der Waals surface area contributed by atoms with Crippen molar-refractivity contribution in [2.24, 2.45) is 11.8 Å². The summed E-state index contributed by atoms with van der Waals surface area (Å²) in [5.41, 5.74) is -1.20. The summed E-state index contributed by atoms with van der Waals surface area (Å²) in [6.07, 6.45) is 6.92. The first-order valence-corrected chi connectivity index (χ1v) is 12.6. The van der Waals surface area contributed by atoms with Gasteiger partial charge in [0.05, 0.1) is 30.6 Å². The second kappa shape index (κ2) is 9.06. The molecule has 0 radical (unpaired) electrons. The average Bonchev–Trinajstić information content (AvgIpc) is 3.37. The highest BCUT2D eigenvalue weighted by Gasteiger charge is 2.77. The summed E-state index contributed by atoms with van der Waals surface area (Å²) in [6, 6.07) is -1.46. The molecule has 2 amide bonds. The molecule has 178 valence electrons. The number of carboxylic acid groups (broad SMARTS) is 1. The number of rotatable bonds is 8. The van der Waals surface area contributed by atoms with Crippen molar-refractivity contribution in [1.82, 2.24) is 9.80 Å². The molecule has 4 fully saturated rings. The molecule has 0 aromatic carbocycles. The highest BCUT2D eigenvalue weighted by molar-refractivity contribution is 9.09. The standard InChI is InChI=1S/C23H33BrN2O6/c1-3-10-25(14-8-6-5-7-9-14)21(29)19-23-11-15(24)18(32-23)16(22(30)31)17(23)20(28)26(19)13(4-2)12-27/h3,13-19,27H,1,4-12H2,2H3,(H,30,31)/t13-,15?,16-,17+,18-,19-,23+/m0/s1. The minimum atomic E-state index is -1.20. The van der Waals surface area contributed by atoms with Gasteiger partial charge in [-0.05, 0) is 25.7 Å². The first-order valence-electron chi connectivity index (χ1n) is 11.7. The Bertz CT molecular complexity index is 782. The number of halogens is 1. The molecule has 8 nitrogen and oxygen atoms in total. The van der Waals surface area contributed by atoms with Gasteiger partial charge in [-0.2, -0.15) is 0 Å². The Morgan fingerprint density at radius 3 is 2.62 bits per heavy atom. The van der Waals surface area contributed by atoms with Gasteiger partial charge in [-0.15, -0.1) is 6.58 Å². The normalized spacial score (nSPS) is 37.4. The highest BCUT2D eigenvalue weighted by atomic mass is 79.9. The van der Waals surface area contributed by atoms with Crippen molar-refractivity contribution >= 4 is 33.7 Å². The van der Waals surface area contributed by atoms with Crippen LogP contribution in [0, 0.1) is 11.8 Å². The maximum absolute atomic E-state index is 14.2. The second-order valence-corrected chi connectivity index (χ2v) is 10.7. The number of carboxylic acids is 1. The zero-order valence-electron chi connectivity index (χ0n) is 18.5. The van der Waals surface area contributed by atoms with E-state index >= 15 is 0 Å². The van der Waals surface area contributed by atoms with Crippen LogP contribution in [0.2, 0.25) is 0 Å². The lowest BCUT2D eigenvalue weighted by Crippen LogP contribution is -2.60. The Hall–Kier alpha value is -1.45. The van der Waals surface area contributed by atoms with Gasteiger partial charge in [-0.3, -0.25) is 14.4 Å². The highest BCUT2D eigenvalue weighted by Crippen LogP contribution is 2.60. The van der Waals surface area contributed by atoms with Crippen LogP contribution in [0.25, 0.3) is 0 Å². The number of fused-ring (bicyclic) bond motifs is 1. The molecule has 2 bridgehead atoms. The Morgan fingerprint density at radius 1 is 1.38 bits per heavy atom. The topological polar surface area (TPSA) is 107 Å². The molecular formula is C23H33BrN2O6. The molecule has 9 heteroatoms. The number of carbonyl (C=O) groups is 3. The number of amides is 2. The van der Waals surface area contributed by atoms with E-state index < -0.39 is 41.6 Å². The van der Waals surface area contributed by atoms with Crippen molar-refractivity contribution in [3.8, 4) is 0 Å². The van der Waals surface area contributed by atoms with Gasteiger partial charge in [0.2, 0.25) is 11.8 Å². The monoisotopic (exact) mass is 512 g/mol. The predicted molar refractivity (Wildman–Crippen MR) is 120 cm³/mol. The van der Waals surface area contributed by atoms with Crippen LogP contribution in [0.15, 0.2) is 12.7 Å². The van der Waals surface area contributed by atoms with Crippen LogP contribution < -0.4 is 0 Å². The summed E-state index contributed by atoms with van der Waals surface area (Å²) in [4.78, 5) is 43.1. The van der Waals surface area contributed by atoms with Gasteiger partial charge in [-0.1, -0.05) is 48.2 Å². The number of aliphatic hydroxyl groups is 1. The van der Waals surface area contributed by atoms with E-state index in [1.54, 1.807) is 6.08 Å². The van der Waals surface area contributed by atoms with Gasteiger partial charge < -0.3 is 24.7 Å². The number of ether oxygens (including phenoxy) is 1. The quantitative estimate of drug-likeness (QED) is 0.380. The molecule has 0 aromatic rings. The minimum Gasteiger partial charge on any atom is -0.481 e. The minimum absolute atomic E-state index is 0.0597. The van der Waals surface area contributed by atoms with E-state index in [1.165, 1.54) is 4.90 Å². The van der Waals surface area contributed by atoms with Crippen LogP contribution in [0.3, 0.4) is 0 Å². The number of likely N-dealkylation sites (tertiary alicyclic amines) is 1. The van der Waals surface area contributed by atoms with E-state index in [-0.39, 0.29) is 29.3 Å². The Kier molecular flexibility index (Phi) is 6.71. The second-order valence-electron chi connectivity index (χ2n) is 9.56. The van der Waals surface area contributed by atoms with E-state index in [9.17, 15) is 24.6 Å². The molecule has 7 atom stereocenters. The zero-order valence-corrected chi connectivity index (χ0v) is 20.1. The summed E-state index contributed by atoms with van der Waals surface area (Å²) in [5.74, 6) is -3.63. The Labute approximate surface area is 197 Å². The molecule has 1 unspecified atom stereocenters. The van der Waals surface area contributed by atoms with Gasteiger partial charge in [-0.25, -0.2) is 0 Å². The lowest BCUT2D eigenvalue weighted by atomic mass is 9.70. The average molecular weight is 513 g/mol. The number of carbonyl (C=O) groups excluding carboxylic acids is 2. The molecule has 3 aliphatic heterocycles. The fraction of sp³-hybridized carbons (Fsp3) is 0.783. The fourth-order valence-corrected chi connectivity index (χ4v) is 7.49. The molecule has 1 spiro atoms. The number of nitrogens with zero attached hydrogens (tertiary/aromatic N) is 2. The lowest BCUT2D eigenvalue weighted by Gasteiger charge is -2.42. The molecular weight excluding hydrogens is 480 g/mol. The third-order valence-electron chi connectivity index (χ3n) is 7.95. The van der Waals surface area contributed by atoms with Crippen LogP contribution in [-0.2, 0) is 19.1 Å². The SMILES string of the molecule is C=CCN(C(=O)[C@@H]1N([C@@H](CC)CO)C(=O)[C@H]2[C@H](C(=O)O)[C@H]3O[C@@]12CC3Br)C1CCCCC1. The third-order valence-corrected chi connectivity index (χ3v) is 8.79. The summed E-state index contributed by atoms with van der Waals surface area (Å²) < 4.78 is 6.31. The van der Waals surface area contributed by atoms with Gasteiger partial charge in [0.15, 0.2) is 0 Å². The maximum atomic E-state index is 14.2. The van der Waals surface area contributed by atoms with E-state index in [0.29, 0.717) is 19.4 Å². The zero-order chi connectivity index (χ0) is 23.2. The van der Waals surface area contributed by atoms with Crippen molar-refractivity contribution in [3.05, 3.63) is 12.7 Å². The summed E-state index contributed by atoms with van der Waals surface area (Å²) >= 11 is 3.56. The van der Waals surface area contributed by atoms with Crippen molar-refractivity contribution in [2.45, 2.75) is 86.5 Å². The molecule has 3 heterocycles. The van der Waals surface area contributed by atoms with Crippen LogP contribution in [-0.4, -0.2) is 85.6 Å².